The molecule has 0 saturated carbocycles. The first-order valence-electron chi connectivity index (χ1n) is 8.90. The van der Waals surface area contributed by atoms with Crippen LogP contribution in [0, 0.1) is 0 Å². The number of aryl methyl sites for hydroxylation is 1. The number of carbonyl (C=O) groups excluding carboxylic acids is 1. The van der Waals surface area contributed by atoms with Crippen LogP contribution in [0.5, 0.6) is 11.5 Å². The quantitative estimate of drug-likeness (QED) is 0.860. The van der Waals surface area contributed by atoms with Crippen LogP contribution in [0.25, 0.3) is 0 Å². The van der Waals surface area contributed by atoms with Crippen molar-refractivity contribution < 1.29 is 14.3 Å². The third-order valence-corrected chi connectivity index (χ3v) is 5.01. The van der Waals surface area contributed by atoms with Gasteiger partial charge in [-0.15, -0.1) is 0 Å². The van der Waals surface area contributed by atoms with Crippen LogP contribution in [0.1, 0.15) is 35.3 Å². The molecule has 0 radical (unpaired) electrons. The Balaban J connectivity index is 1.59. The van der Waals surface area contributed by atoms with Crippen LogP contribution in [-0.2, 0) is 13.5 Å². The summed E-state index contributed by atoms with van der Waals surface area (Å²) in [5, 5.41) is 4.23. The molecule has 1 aromatic carbocycles. The Kier molecular flexibility index (Phi) is 4.34. The van der Waals surface area contributed by atoms with Crippen LogP contribution in [0.4, 0.5) is 0 Å². The van der Waals surface area contributed by atoms with Gasteiger partial charge in [-0.3, -0.25) is 9.48 Å². The molecule has 1 fully saturated rings. The van der Waals surface area contributed by atoms with Gasteiger partial charge in [-0.2, -0.15) is 5.10 Å². The van der Waals surface area contributed by atoms with Crippen LogP contribution >= 0.6 is 0 Å². The highest BCUT2D eigenvalue weighted by Crippen LogP contribution is 2.35. The molecule has 6 nitrogen and oxygen atoms in total. The molecule has 0 aliphatic carbocycles. The number of carbonyl (C=O) groups is 1. The average molecular weight is 341 g/mol. The van der Waals surface area contributed by atoms with Crippen LogP contribution in [-0.4, -0.2) is 46.4 Å². The summed E-state index contributed by atoms with van der Waals surface area (Å²) in [6.07, 6.45) is 5.51. The van der Waals surface area contributed by atoms with Gasteiger partial charge in [-0.25, -0.2) is 0 Å². The number of amides is 1. The van der Waals surface area contributed by atoms with Crippen molar-refractivity contribution in [3.63, 3.8) is 0 Å². The summed E-state index contributed by atoms with van der Waals surface area (Å²) in [6, 6.07) is 7.80. The molecular formula is C19H23N3O3. The minimum atomic E-state index is 0.0343. The predicted octanol–water partition coefficient (Wildman–Crippen LogP) is 2.43. The number of fused-ring (bicyclic) bond motifs is 1. The normalized spacial score (nSPS) is 19.7. The van der Waals surface area contributed by atoms with E-state index in [1.165, 1.54) is 0 Å². The molecule has 0 spiro atoms. The Morgan fingerprint density at radius 2 is 2.12 bits per heavy atom. The van der Waals surface area contributed by atoms with Gasteiger partial charge in [0, 0.05) is 44.4 Å². The first-order chi connectivity index (χ1) is 12.2. The minimum Gasteiger partial charge on any atom is -0.490 e. The molecule has 1 saturated heterocycles. The second-order valence-electron chi connectivity index (χ2n) is 6.63. The van der Waals surface area contributed by atoms with Gasteiger partial charge in [0.15, 0.2) is 11.5 Å². The fourth-order valence-corrected chi connectivity index (χ4v) is 3.68. The fraction of sp³-hybridized carbons (Fsp3) is 0.474. The lowest BCUT2D eigenvalue weighted by molar-refractivity contribution is 0.0730. The summed E-state index contributed by atoms with van der Waals surface area (Å²) in [5.41, 5.74) is 1.76. The van der Waals surface area contributed by atoms with Crippen molar-refractivity contribution in [2.45, 2.75) is 31.7 Å². The molecule has 2 aliphatic heterocycles. The summed E-state index contributed by atoms with van der Waals surface area (Å²) in [7, 11) is 1.94. The molecule has 1 atom stereocenters. The molecule has 2 aliphatic rings. The van der Waals surface area contributed by atoms with Crippen molar-refractivity contribution >= 4 is 5.91 Å². The van der Waals surface area contributed by atoms with Crippen LogP contribution in [0.2, 0.25) is 0 Å². The molecule has 25 heavy (non-hydrogen) atoms. The SMILES string of the molecule is Cn1nccc1C[C@@H]1CCCN1C(=O)c1cccc2c1OCCCO2. The Bertz CT molecular complexity index is 771. The van der Waals surface area contributed by atoms with Crippen molar-refractivity contribution in [1.82, 2.24) is 14.7 Å². The Morgan fingerprint density at radius 3 is 2.96 bits per heavy atom. The van der Waals surface area contributed by atoms with Crippen molar-refractivity contribution in [3.8, 4) is 11.5 Å². The highest BCUT2D eigenvalue weighted by Gasteiger charge is 2.32. The van der Waals surface area contributed by atoms with E-state index in [9.17, 15) is 4.79 Å². The number of nitrogens with zero attached hydrogens (tertiary/aromatic N) is 3. The second kappa shape index (κ2) is 6.78. The average Bonchev–Trinajstić information content (AvgIpc) is 3.16. The molecular weight excluding hydrogens is 318 g/mol. The maximum absolute atomic E-state index is 13.2. The van der Waals surface area contributed by atoms with Crippen molar-refractivity contribution in [3.05, 3.63) is 41.7 Å². The lowest BCUT2D eigenvalue weighted by Gasteiger charge is -2.26. The van der Waals surface area contributed by atoms with E-state index in [0.29, 0.717) is 30.3 Å². The molecule has 0 bridgehead atoms. The molecule has 0 unspecified atom stereocenters. The maximum atomic E-state index is 13.2. The Morgan fingerprint density at radius 1 is 1.24 bits per heavy atom. The lowest BCUT2D eigenvalue weighted by Crippen LogP contribution is -2.37. The highest BCUT2D eigenvalue weighted by atomic mass is 16.5. The summed E-state index contributed by atoms with van der Waals surface area (Å²) in [5.74, 6) is 1.30. The largest absolute Gasteiger partial charge is 0.490 e. The van der Waals surface area contributed by atoms with Gasteiger partial charge in [0.1, 0.15) is 0 Å². The highest BCUT2D eigenvalue weighted by molar-refractivity contribution is 5.98. The third-order valence-electron chi connectivity index (χ3n) is 5.01. The fourth-order valence-electron chi connectivity index (χ4n) is 3.68. The Labute approximate surface area is 147 Å². The first-order valence-corrected chi connectivity index (χ1v) is 8.90. The number of hydrogen-bond acceptors (Lipinski definition) is 4. The van der Waals surface area contributed by atoms with Crippen LogP contribution in [0.3, 0.4) is 0 Å². The summed E-state index contributed by atoms with van der Waals surface area (Å²) in [6.45, 7) is 1.99. The zero-order valence-corrected chi connectivity index (χ0v) is 14.5. The van der Waals surface area contributed by atoms with Crippen LogP contribution < -0.4 is 9.47 Å². The number of benzene rings is 1. The van der Waals surface area contributed by atoms with E-state index in [4.69, 9.17) is 9.47 Å². The smallest absolute Gasteiger partial charge is 0.258 e. The van der Waals surface area contributed by atoms with E-state index in [-0.39, 0.29) is 11.9 Å². The van der Waals surface area contributed by atoms with Gasteiger partial charge in [0.25, 0.3) is 5.91 Å². The molecule has 1 amide bonds. The molecule has 132 valence electrons. The zero-order chi connectivity index (χ0) is 17.2. The number of hydrogen-bond donors (Lipinski definition) is 0. The summed E-state index contributed by atoms with van der Waals surface area (Å²) < 4.78 is 13.4. The standard InChI is InChI=1S/C19H23N3O3/c1-21-14(8-9-20-21)13-15-5-3-10-22(15)19(23)16-6-2-7-17-18(16)25-12-4-11-24-17/h2,6-9,15H,3-5,10-13H2,1H3/t15-/m0/s1. The van der Waals surface area contributed by atoms with Crippen molar-refractivity contribution in [2.75, 3.05) is 19.8 Å². The van der Waals surface area contributed by atoms with Gasteiger partial charge >= 0.3 is 0 Å². The van der Waals surface area contributed by atoms with E-state index in [1.54, 1.807) is 6.20 Å². The predicted molar refractivity (Wildman–Crippen MR) is 93.0 cm³/mol. The Hall–Kier alpha value is -2.50. The third kappa shape index (κ3) is 3.08. The van der Waals surface area contributed by atoms with E-state index in [0.717, 1.165) is 37.9 Å². The number of ether oxygens (including phenoxy) is 2. The number of rotatable bonds is 3. The topological polar surface area (TPSA) is 56.6 Å². The van der Waals surface area contributed by atoms with Gasteiger partial charge < -0.3 is 14.4 Å². The van der Waals surface area contributed by atoms with E-state index >= 15 is 0 Å². The summed E-state index contributed by atoms with van der Waals surface area (Å²) >= 11 is 0. The van der Waals surface area contributed by atoms with Gasteiger partial charge in [0.05, 0.1) is 18.8 Å². The lowest BCUT2D eigenvalue weighted by atomic mass is 10.1. The molecule has 2 aromatic rings. The molecule has 6 heteroatoms. The summed E-state index contributed by atoms with van der Waals surface area (Å²) in [4.78, 5) is 15.2. The molecule has 0 N–H and O–H groups in total. The number of likely N-dealkylation sites (tertiary alicyclic amines) is 1. The van der Waals surface area contributed by atoms with Gasteiger partial charge in [0.2, 0.25) is 0 Å². The van der Waals surface area contributed by atoms with Crippen molar-refractivity contribution in [1.29, 1.82) is 0 Å². The zero-order valence-electron chi connectivity index (χ0n) is 14.5. The van der Waals surface area contributed by atoms with Crippen LogP contribution in [0.15, 0.2) is 30.5 Å². The molecule has 1 aromatic heterocycles. The number of para-hydroxylation sites is 1. The van der Waals surface area contributed by atoms with Gasteiger partial charge in [-0.1, -0.05) is 6.07 Å². The maximum Gasteiger partial charge on any atom is 0.258 e. The van der Waals surface area contributed by atoms with Crippen molar-refractivity contribution in [2.24, 2.45) is 7.05 Å². The molecule has 4 rings (SSSR count). The van der Waals surface area contributed by atoms with E-state index < -0.39 is 0 Å². The second-order valence-corrected chi connectivity index (χ2v) is 6.63. The van der Waals surface area contributed by atoms with Gasteiger partial charge in [-0.05, 0) is 31.0 Å². The van der Waals surface area contributed by atoms with E-state index in [1.807, 2.05) is 40.9 Å². The monoisotopic (exact) mass is 341 g/mol. The first kappa shape index (κ1) is 16.0. The minimum absolute atomic E-state index is 0.0343. The van der Waals surface area contributed by atoms with E-state index in [2.05, 4.69) is 5.10 Å². The molecule has 3 heterocycles. The number of aromatic nitrogens is 2.